The monoisotopic (exact) mass is 396 g/mol. The second kappa shape index (κ2) is 6.86. The number of hydrogen-bond acceptors (Lipinski definition) is 7. The number of carbonyl (C=O) groups excluding carboxylic acids is 1. The fraction of sp³-hybridized carbons (Fsp3) is 0.0556. The van der Waals surface area contributed by atoms with Crippen molar-refractivity contribution in [3.63, 3.8) is 0 Å². The van der Waals surface area contributed by atoms with E-state index in [2.05, 4.69) is 15.3 Å². The quantitative estimate of drug-likeness (QED) is 0.304. The Bertz CT molecular complexity index is 1210. The molecule has 0 unspecified atom stereocenters. The van der Waals surface area contributed by atoms with Gasteiger partial charge in [-0.1, -0.05) is 11.3 Å². The lowest BCUT2D eigenvalue weighted by Crippen LogP contribution is -2.07. The van der Waals surface area contributed by atoms with Crippen LogP contribution in [0, 0.1) is 17.0 Å². The standard InChI is InChI=1S/C18H12N4O3S2/c1-10-19-16-14(26-10)8-7-13-17(16)27-18(20-13)21-15(23)9-4-11-2-5-12(6-3-11)22(24)25/h2-9H,1H3,(H,20,21,23). The van der Waals surface area contributed by atoms with E-state index in [0.29, 0.717) is 10.7 Å². The first-order chi connectivity index (χ1) is 13.0. The molecule has 1 N–H and O–H groups in total. The van der Waals surface area contributed by atoms with Gasteiger partial charge in [0.05, 0.1) is 24.8 Å². The Labute approximate surface area is 161 Å². The summed E-state index contributed by atoms with van der Waals surface area (Å²) in [5.41, 5.74) is 2.41. The van der Waals surface area contributed by atoms with Crippen molar-refractivity contribution in [2.24, 2.45) is 0 Å². The molecule has 0 bridgehead atoms. The van der Waals surface area contributed by atoms with Crippen LogP contribution in [-0.4, -0.2) is 20.8 Å². The molecule has 0 aliphatic carbocycles. The van der Waals surface area contributed by atoms with Crippen molar-refractivity contribution in [1.29, 1.82) is 0 Å². The van der Waals surface area contributed by atoms with Crippen LogP contribution in [0.25, 0.3) is 26.5 Å². The Morgan fingerprint density at radius 2 is 1.93 bits per heavy atom. The number of thiazole rings is 2. The number of fused-ring (bicyclic) bond motifs is 3. The maximum atomic E-state index is 12.2. The average molecular weight is 396 g/mol. The molecule has 0 spiro atoms. The molecule has 4 aromatic rings. The first-order valence-corrected chi connectivity index (χ1v) is 9.53. The summed E-state index contributed by atoms with van der Waals surface area (Å²) in [5.74, 6) is -0.321. The van der Waals surface area contributed by atoms with Crippen LogP contribution in [0.4, 0.5) is 10.8 Å². The zero-order valence-electron chi connectivity index (χ0n) is 14.0. The second-order valence-corrected chi connectivity index (χ2v) is 7.92. The number of nitrogens with zero attached hydrogens (tertiary/aromatic N) is 3. The highest BCUT2D eigenvalue weighted by molar-refractivity contribution is 7.24. The van der Waals surface area contributed by atoms with Gasteiger partial charge in [-0.05, 0) is 42.8 Å². The zero-order chi connectivity index (χ0) is 19.0. The van der Waals surface area contributed by atoms with Crippen molar-refractivity contribution in [2.45, 2.75) is 6.92 Å². The van der Waals surface area contributed by atoms with Gasteiger partial charge in [-0.2, -0.15) is 0 Å². The first kappa shape index (κ1) is 17.3. The number of rotatable bonds is 4. The normalized spacial score (nSPS) is 11.4. The van der Waals surface area contributed by atoms with Crippen LogP contribution in [0.3, 0.4) is 0 Å². The van der Waals surface area contributed by atoms with Gasteiger partial charge in [0.1, 0.15) is 5.52 Å². The Balaban J connectivity index is 1.52. The topological polar surface area (TPSA) is 98.0 Å². The fourth-order valence-electron chi connectivity index (χ4n) is 2.57. The minimum atomic E-state index is -0.464. The van der Waals surface area contributed by atoms with E-state index in [1.807, 2.05) is 19.1 Å². The summed E-state index contributed by atoms with van der Waals surface area (Å²) >= 11 is 3.01. The summed E-state index contributed by atoms with van der Waals surface area (Å²) < 4.78 is 2.05. The van der Waals surface area contributed by atoms with E-state index in [-0.39, 0.29) is 11.6 Å². The number of nitrogens with one attached hydrogen (secondary N) is 1. The average Bonchev–Trinajstić information content (AvgIpc) is 3.22. The van der Waals surface area contributed by atoms with Crippen LogP contribution >= 0.6 is 22.7 Å². The molecular weight excluding hydrogens is 384 g/mol. The van der Waals surface area contributed by atoms with Gasteiger partial charge in [-0.15, -0.1) is 11.3 Å². The molecule has 7 nitrogen and oxygen atoms in total. The summed E-state index contributed by atoms with van der Waals surface area (Å²) in [5, 5.41) is 14.9. The molecule has 0 aliphatic heterocycles. The Hall–Kier alpha value is -3.17. The number of hydrogen-bond donors (Lipinski definition) is 1. The van der Waals surface area contributed by atoms with Gasteiger partial charge in [0.15, 0.2) is 5.13 Å². The van der Waals surface area contributed by atoms with Gasteiger partial charge in [0, 0.05) is 18.2 Å². The molecule has 2 aromatic carbocycles. The van der Waals surface area contributed by atoms with E-state index < -0.39 is 4.92 Å². The van der Waals surface area contributed by atoms with Crippen LogP contribution in [0.5, 0.6) is 0 Å². The third kappa shape index (κ3) is 3.55. The minimum absolute atomic E-state index is 0.00895. The third-order valence-corrected chi connectivity index (χ3v) is 5.71. The summed E-state index contributed by atoms with van der Waals surface area (Å²) in [4.78, 5) is 31.3. The number of non-ortho nitro benzene ring substituents is 1. The Morgan fingerprint density at radius 1 is 1.15 bits per heavy atom. The summed E-state index contributed by atoms with van der Waals surface area (Å²) in [6.07, 6.45) is 2.96. The van der Waals surface area contributed by atoms with E-state index in [1.165, 1.54) is 29.5 Å². The van der Waals surface area contributed by atoms with Crippen molar-refractivity contribution in [3.8, 4) is 0 Å². The van der Waals surface area contributed by atoms with Crippen molar-refractivity contribution in [2.75, 3.05) is 5.32 Å². The SMILES string of the molecule is Cc1nc2c(ccc3nc(NC(=O)C=Cc4ccc([N+](=O)[O-])cc4)sc32)s1. The van der Waals surface area contributed by atoms with Crippen molar-refractivity contribution in [1.82, 2.24) is 9.97 Å². The number of amides is 1. The number of carbonyl (C=O) groups is 1. The molecule has 0 saturated heterocycles. The zero-order valence-corrected chi connectivity index (χ0v) is 15.6. The van der Waals surface area contributed by atoms with E-state index in [4.69, 9.17) is 0 Å². The molecule has 1 amide bonds. The van der Waals surface area contributed by atoms with Gasteiger partial charge in [0.25, 0.3) is 5.69 Å². The van der Waals surface area contributed by atoms with Crippen LogP contribution in [0.1, 0.15) is 10.6 Å². The number of nitro benzene ring substituents is 1. The maximum Gasteiger partial charge on any atom is 0.269 e. The highest BCUT2D eigenvalue weighted by atomic mass is 32.1. The van der Waals surface area contributed by atoms with E-state index in [0.717, 1.165) is 25.4 Å². The van der Waals surface area contributed by atoms with Gasteiger partial charge >= 0.3 is 0 Å². The van der Waals surface area contributed by atoms with Crippen LogP contribution in [0.2, 0.25) is 0 Å². The number of nitro groups is 1. The molecule has 2 aromatic heterocycles. The highest BCUT2D eigenvalue weighted by Gasteiger charge is 2.12. The van der Waals surface area contributed by atoms with Gasteiger partial charge in [-0.25, -0.2) is 9.97 Å². The van der Waals surface area contributed by atoms with Crippen LogP contribution in [0.15, 0.2) is 42.5 Å². The van der Waals surface area contributed by atoms with Gasteiger partial charge in [0.2, 0.25) is 5.91 Å². The van der Waals surface area contributed by atoms with E-state index in [9.17, 15) is 14.9 Å². The molecule has 0 atom stereocenters. The molecule has 0 saturated carbocycles. The molecule has 0 fully saturated rings. The Morgan fingerprint density at radius 3 is 2.67 bits per heavy atom. The predicted molar refractivity (Wildman–Crippen MR) is 108 cm³/mol. The fourth-order valence-corrected chi connectivity index (χ4v) is 4.43. The molecule has 27 heavy (non-hydrogen) atoms. The van der Waals surface area contributed by atoms with E-state index in [1.54, 1.807) is 29.5 Å². The molecule has 0 radical (unpaired) electrons. The number of aromatic nitrogens is 2. The molecular formula is C18H12N4O3S2. The van der Waals surface area contributed by atoms with Crippen LogP contribution < -0.4 is 5.32 Å². The summed E-state index contributed by atoms with van der Waals surface area (Å²) in [7, 11) is 0. The second-order valence-electron chi connectivity index (χ2n) is 5.68. The van der Waals surface area contributed by atoms with Gasteiger partial charge in [-0.3, -0.25) is 20.2 Å². The maximum absolute atomic E-state index is 12.2. The number of anilines is 1. The Kier molecular flexibility index (Phi) is 4.38. The largest absolute Gasteiger partial charge is 0.298 e. The molecule has 0 aliphatic rings. The molecule has 134 valence electrons. The first-order valence-electron chi connectivity index (χ1n) is 7.90. The smallest absolute Gasteiger partial charge is 0.269 e. The predicted octanol–water partition coefficient (Wildman–Crippen LogP) is 4.77. The summed E-state index contributed by atoms with van der Waals surface area (Å²) in [6, 6.07) is 9.87. The van der Waals surface area contributed by atoms with Crippen molar-refractivity contribution < 1.29 is 9.72 Å². The van der Waals surface area contributed by atoms with Crippen molar-refractivity contribution >= 4 is 65.9 Å². The van der Waals surface area contributed by atoms with E-state index >= 15 is 0 Å². The lowest BCUT2D eigenvalue weighted by atomic mass is 10.2. The number of aryl methyl sites for hydroxylation is 1. The third-order valence-electron chi connectivity index (χ3n) is 3.78. The highest BCUT2D eigenvalue weighted by Crippen LogP contribution is 2.34. The lowest BCUT2D eigenvalue weighted by molar-refractivity contribution is -0.384. The lowest BCUT2D eigenvalue weighted by Gasteiger charge is -1.96. The van der Waals surface area contributed by atoms with Crippen molar-refractivity contribution in [3.05, 3.63) is 63.2 Å². The minimum Gasteiger partial charge on any atom is -0.298 e. The van der Waals surface area contributed by atoms with Crippen LogP contribution in [-0.2, 0) is 4.79 Å². The summed E-state index contributed by atoms with van der Waals surface area (Å²) in [6.45, 7) is 1.96. The van der Waals surface area contributed by atoms with Gasteiger partial charge < -0.3 is 0 Å². The molecule has 2 heterocycles. The molecule has 4 rings (SSSR count). The number of benzene rings is 2. The molecule has 9 heteroatoms.